The van der Waals surface area contributed by atoms with Crippen LogP contribution in [-0.4, -0.2) is 62.4 Å². The molecule has 0 spiro atoms. The zero-order chi connectivity index (χ0) is 21.2. The number of morpholine rings is 1. The van der Waals surface area contributed by atoms with Crippen LogP contribution in [0.25, 0.3) is 0 Å². The number of nitrogens with one attached hydrogen (secondary N) is 1. The van der Waals surface area contributed by atoms with Crippen molar-refractivity contribution in [1.29, 1.82) is 0 Å². The van der Waals surface area contributed by atoms with Gasteiger partial charge in [0.1, 0.15) is 11.5 Å². The van der Waals surface area contributed by atoms with Crippen molar-refractivity contribution in [2.24, 2.45) is 5.10 Å². The van der Waals surface area contributed by atoms with Crippen LogP contribution in [0.3, 0.4) is 0 Å². The van der Waals surface area contributed by atoms with Gasteiger partial charge >= 0.3 is 0 Å². The third-order valence-corrected chi connectivity index (χ3v) is 4.72. The third kappa shape index (κ3) is 7.16. The minimum absolute atomic E-state index is 0.0120. The maximum Gasteiger partial charge on any atom is 0.277 e. The Labute approximate surface area is 182 Å². The second kappa shape index (κ2) is 11.3. The number of carbonyl (C=O) groups is 2. The van der Waals surface area contributed by atoms with Crippen molar-refractivity contribution in [2.45, 2.75) is 0 Å². The largest absolute Gasteiger partial charge is 0.484 e. The Kier molecular flexibility index (Phi) is 8.22. The van der Waals surface area contributed by atoms with Crippen molar-refractivity contribution in [2.75, 3.05) is 39.5 Å². The maximum atomic E-state index is 12.1. The van der Waals surface area contributed by atoms with Crippen molar-refractivity contribution in [3.63, 3.8) is 0 Å². The molecule has 9 heteroatoms. The Morgan fingerprint density at radius 1 is 1.00 bits per heavy atom. The molecular weight excluding hydrogens is 454 g/mol. The average Bonchev–Trinajstić information content (AvgIpc) is 2.78. The number of carbonyl (C=O) groups excluding carboxylic acids is 2. The van der Waals surface area contributed by atoms with E-state index in [1.165, 1.54) is 6.21 Å². The second-order valence-electron chi connectivity index (χ2n) is 6.39. The minimum atomic E-state index is -0.365. The Hall–Kier alpha value is -2.91. The van der Waals surface area contributed by atoms with Gasteiger partial charge in [-0.25, -0.2) is 5.43 Å². The smallest absolute Gasteiger partial charge is 0.277 e. The van der Waals surface area contributed by atoms with E-state index in [9.17, 15) is 9.59 Å². The van der Waals surface area contributed by atoms with Gasteiger partial charge in [0.15, 0.2) is 13.2 Å². The monoisotopic (exact) mass is 475 g/mol. The molecule has 30 heavy (non-hydrogen) atoms. The van der Waals surface area contributed by atoms with E-state index < -0.39 is 0 Å². The quantitative estimate of drug-likeness (QED) is 0.466. The number of halogens is 1. The van der Waals surface area contributed by atoms with Gasteiger partial charge in [0.25, 0.3) is 11.8 Å². The van der Waals surface area contributed by atoms with Gasteiger partial charge in [-0.15, -0.1) is 0 Å². The summed E-state index contributed by atoms with van der Waals surface area (Å²) in [5, 5.41) is 3.91. The highest BCUT2D eigenvalue weighted by molar-refractivity contribution is 9.10. The molecule has 2 aromatic carbocycles. The third-order valence-electron chi connectivity index (χ3n) is 4.19. The van der Waals surface area contributed by atoms with E-state index in [0.29, 0.717) is 37.8 Å². The number of hydrogen-bond donors (Lipinski definition) is 1. The number of benzene rings is 2. The van der Waals surface area contributed by atoms with Gasteiger partial charge in [0.2, 0.25) is 0 Å². The van der Waals surface area contributed by atoms with E-state index in [1.54, 1.807) is 41.3 Å². The predicted molar refractivity (Wildman–Crippen MR) is 115 cm³/mol. The molecule has 8 nitrogen and oxygen atoms in total. The predicted octanol–water partition coefficient (Wildman–Crippen LogP) is 2.22. The van der Waals surface area contributed by atoms with Crippen LogP contribution in [0.5, 0.6) is 11.5 Å². The fourth-order valence-corrected chi connectivity index (χ4v) is 2.85. The van der Waals surface area contributed by atoms with Crippen molar-refractivity contribution in [1.82, 2.24) is 10.3 Å². The lowest BCUT2D eigenvalue weighted by molar-refractivity contribution is -0.137. The molecule has 0 radical (unpaired) electrons. The average molecular weight is 476 g/mol. The van der Waals surface area contributed by atoms with Crippen LogP contribution < -0.4 is 14.9 Å². The first kappa shape index (κ1) is 21.8. The van der Waals surface area contributed by atoms with Gasteiger partial charge in [-0.1, -0.05) is 15.9 Å². The van der Waals surface area contributed by atoms with Crippen LogP contribution in [0.4, 0.5) is 0 Å². The molecule has 1 aliphatic rings. The first-order valence-electron chi connectivity index (χ1n) is 9.39. The highest BCUT2D eigenvalue weighted by atomic mass is 79.9. The molecule has 2 amide bonds. The summed E-state index contributed by atoms with van der Waals surface area (Å²) in [6, 6.07) is 14.2. The zero-order valence-corrected chi connectivity index (χ0v) is 17.8. The first-order valence-corrected chi connectivity index (χ1v) is 10.2. The number of amides is 2. The van der Waals surface area contributed by atoms with Crippen LogP contribution in [-0.2, 0) is 14.3 Å². The molecule has 1 fully saturated rings. The Balaban J connectivity index is 1.37. The fraction of sp³-hybridized carbons (Fsp3) is 0.286. The first-order chi connectivity index (χ1) is 14.6. The Morgan fingerprint density at radius 3 is 2.27 bits per heavy atom. The Morgan fingerprint density at radius 2 is 1.60 bits per heavy atom. The summed E-state index contributed by atoms with van der Waals surface area (Å²) < 4.78 is 17.1. The summed E-state index contributed by atoms with van der Waals surface area (Å²) in [7, 11) is 0. The molecule has 0 atom stereocenters. The molecule has 0 unspecified atom stereocenters. The molecule has 1 N–H and O–H groups in total. The number of nitrogens with zero attached hydrogens (tertiary/aromatic N) is 2. The van der Waals surface area contributed by atoms with E-state index in [2.05, 4.69) is 26.5 Å². The van der Waals surface area contributed by atoms with Crippen LogP contribution in [0.1, 0.15) is 5.56 Å². The van der Waals surface area contributed by atoms with Crippen LogP contribution in [0, 0.1) is 0 Å². The number of hydrazone groups is 1. The molecule has 2 aromatic rings. The van der Waals surface area contributed by atoms with Gasteiger partial charge in [-0.05, 0) is 54.1 Å². The number of hydrogen-bond acceptors (Lipinski definition) is 6. The van der Waals surface area contributed by atoms with Crippen molar-refractivity contribution >= 4 is 34.0 Å². The van der Waals surface area contributed by atoms with Crippen LogP contribution in [0.2, 0.25) is 0 Å². The van der Waals surface area contributed by atoms with E-state index in [1.807, 2.05) is 12.1 Å². The highest BCUT2D eigenvalue weighted by Crippen LogP contribution is 2.16. The molecule has 0 bridgehead atoms. The summed E-state index contributed by atoms with van der Waals surface area (Å²) in [6.45, 7) is 2.17. The lowest BCUT2D eigenvalue weighted by Gasteiger charge is -2.26. The summed E-state index contributed by atoms with van der Waals surface area (Å²) in [6.07, 6.45) is 1.51. The minimum Gasteiger partial charge on any atom is -0.484 e. The van der Waals surface area contributed by atoms with Gasteiger partial charge in [0, 0.05) is 17.6 Å². The number of ether oxygens (including phenoxy) is 3. The molecule has 0 aromatic heterocycles. The SMILES string of the molecule is O=C(COc1ccc(Br)cc1)N/N=C\c1ccc(OCC(=O)N2CCOCC2)cc1. The van der Waals surface area contributed by atoms with Gasteiger partial charge in [-0.3, -0.25) is 9.59 Å². The molecule has 158 valence electrons. The molecule has 0 aliphatic carbocycles. The fourth-order valence-electron chi connectivity index (χ4n) is 2.59. The van der Waals surface area contributed by atoms with E-state index >= 15 is 0 Å². The topological polar surface area (TPSA) is 89.5 Å². The van der Waals surface area contributed by atoms with Crippen molar-refractivity contribution in [3.05, 3.63) is 58.6 Å². The molecule has 1 aliphatic heterocycles. The maximum absolute atomic E-state index is 12.1. The van der Waals surface area contributed by atoms with Crippen LogP contribution in [0.15, 0.2) is 58.1 Å². The molecule has 1 heterocycles. The summed E-state index contributed by atoms with van der Waals surface area (Å²) in [4.78, 5) is 25.6. The highest BCUT2D eigenvalue weighted by Gasteiger charge is 2.17. The van der Waals surface area contributed by atoms with Crippen molar-refractivity contribution in [3.8, 4) is 11.5 Å². The van der Waals surface area contributed by atoms with E-state index in [0.717, 1.165) is 10.0 Å². The summed E-state index contributed by atoms with van der Waals surface area (Å²) in [5.74, 6) is 0.758. The lowest BCUT2D eigenvalue weighted by Crippen LogP contribution is -2.42. The Bertz CT molecular complexity index is 865. The number of rotatable bonds is 8. The lowest BCUT2D eigenvalue weighted by atomic mass is 10.2. The van der Waals surface area contributed by atoms with E-state index in [-0.39, 0.29) is 25.0 Å². The van der Waals surface area contributed by atoms with E-state index in [4.69, 9.17) is 14.2 Å². The second-order valence-corrected chi connectivity index (χ2v) is 7.30. The zero-order valence-electron chi connectivity index (χ0n) is 16.3. The van der Waals surface area contributed by atoms with Gasteiger partial charge in [-0.2, -0.15) is 5.10 Å². The van der Waals surface area contributed by atoms with Gasteiger partial charge < -0.3 is 19.1 Å². The summed E-state index contributed by atoms with van der Waals surface area (Å²) >= 11 is 3.33. The molecule has 1 saturated heterocycles. The van der Waals surface area contributed by atoms with Gasteiger partial charge in [0.05, 0.1) is 19.4 Å². The normalized spacial score (nSPS) is 13.8. The van der Waals surface area contributed by atoms with Crippen LogP contribution >= 0.6 is 15.9 Å². The molecule has 0 saturated carbocycles. The molecular formula is C21H22BrN3O5. The molecule has 3 rings (SSSR count). The summed E-state index contributed by atoms with van der Waals surface area (Å²) in [5.41, 5.74) is 3.18. The van der Waals surface area contributed by atoms with Crippen molar-refractivity contribution < 1.29 is 23.8 Å². The standard InChI is InChI=1S/C21H22BrN3O5/c22-17-3-7-19(8-4-17)29-14-20(26)24-23-13-16-1-5-18(6-2-16)30-15-21(27)25-9-11-28-12-10-25/h1-8,13H,9-12,14-15H2,(H,24,26)/b23-13-.